The van der Waals surface area contributed by atoms with Gasteiger partial charge < -0.3 is 15.5 Å². The van der Waals surface area contributed by atoms with E-state index in [4.69, 9.17) is 15.5 Å². The average molecular weight is 179 g/mol. The molecule has 66 valence electrons. The van der Waals surface area contributed by atoms with E-state index in [9.17, 15) is 4.57 Å². The van der Waals surface area contributed by atoms with Crippen molar-refractivity contribution in [3.63, 3.8) is 0 Å². The number of hydrogen-bond donors (Lipinski definition) is 3. The molecule has 1 saturated carbocycles. The molecule has 1 aliphatic rings. The Morgan fingerprint density at radius 3 is 2.18 bits per heavy atom. The standard InChI is InChI=1S/C6H14NO3P/c7-5-3-1-2-4-6(5)11(8,9)10/h5-6H,1-4,7H2,(H2,8,9,10)/t5-,6-/m1/s1. The maximum absolute atomic E-state index is 10.8. The highest BCUT2D eigenvalue weighted by atomic mass is 31.2. The highest BCUT2D eigenvalue weighted by molar-refractivity contribution is 7.52. The molecular weight excluding hydrogens is 165 g/mol. The number of hydrogen-bond acceptors (Lipinski definition) is 2. The highest BCUT2D eigenvalue weighted by Crippen LogP contribution is 2.47. The van der Waals surface area contributed by atoms with Crippen molar-refractivity contribution in [2.45, 2.75) is 37.4 Å². The van der Waals surface area contributed by atoms with E-state index in [-0.39, 0.29) is 6.04 Å². The van der Waals surface area contributed by atoms with Gasteiger partial charge in [-0.1, -0.05) is 12.8 Å². The van der Waals surface area contributed by atoms with E-state index >= 15 is 0 Å². The summed E-state index contributed by atoms with van der Waals surface area (Å²) >= 11 is 0. The Labute approximate surface area is 65.9 Å². The molecule has 1 rings (SSSR count). The molecular formula is C6H14NO3P. The molecule has 5 heteroatoms. The predicted molar refractivity (Wildman–Crippen MR) is 42.3 cm³/mol. The van der Waals surface area contributed by atoms with Crippen LogP contribution in [0.5, 0.6) is 0 Å². The lowest BCUT2D eigenvalue weighted by Crippen LogP contribution is -2.37. The first-order valence-corrected chi connectivity index (χ1v) is 5.51. The Hall–Kier alpha value is 0.110. The number of rotatable bonds is 1. The third-order valence-corrected chi connectivity index (χ3v) is 3.72. The molecule has 0 aliphatic heterocycles. The van der Waals surface area contributed by atoms with Crippen LogP contribution in [0, 0.1) is 0 Å². The summed E-state index contributed by atoms with van der Waals surface area (Å²) in [7, 11) is -3.92. The zero-order chi connectivity index (χ0) is 8.48. The second-order valence-corrected chi connectivity index (χ2v) is 4.95. The van der Waals surface area contributed by atoms with Gasteiger partial charge in [0.1, 0.15) is 0 Å². The Kier molecular flexibility index (Phi) is 2.70. The quantitative estimate of drug-likeness (QED) is 0.510. The maximum Gasteiger partial charge on any atom is 0.330 e. The molecule has 0 radical (unpaired) electrons. The van der Waals surface area contributed by atoms with Crippen molar-refractivity contribution in [3.8, 4) is 0 Å². The number of nitrogens with two attached hydrogens (primary N) is 1. The van der Waals surface area contributed by atoms with E-state index in [0.29, 0.717) is 6.42 Å². The van der Waals surface area contributed by atoms with Crippen LogP contribution in [0.4, 0.5) is 0 Å². The van der Waals surface area contributed by atoms with Crippen molar-refractivity contribution in [2.75, 3.05) is 0 Å². The van der Waals surface area contributed by atoms with Gasteiger partial charge in [-0.3, -0.25) is 4.57 Å². The van der Waals surface area contributed by atoms with Crippen LogP contribution < -0.4 is 5.73 Å². The third-order valence-electron chi connectivity index (χ3n) is 2.21. The molecule has 0 amide bonds. The van der Waals surface area contributed by atoms with Crippen LogP contribution in [0.3, 0.4) is 0 Å². The molecule has 1 fully saturated rings. The molecule has 0 bridgehead atoms. The normalized spacial score (nSPS) is 33.7. The van der Waals surface area contributed by atoms with Crippen molar-refractivity contribution in [1.82, 2.24) is 0 Å². The molecule has 0 heterocycles. The van der Waals surface area contributed by atoms with E-state index in [0.717, 1.165) is 19.3 Å². The first kappa shape index (κ1) is 9.20. The fourth-order valence-electron chi connectivity index (χ4n) is 1.56. The Morgan fingerprint density at radius 2 is 1.82 bits per heavy atom. The zero-order valence-electron chi connectivity index (χ0n) is 6.31. The van der Waals surface area contributed by atoms with Gasteiger partial charge in [-0.25, -0.2) is 0 Å². The summed E-state index contributed by atoms with van der Waals surface area (Å²) in [6.07, 6.45) is 3.21. The van der Waals surface area contributed by atoms with Gasteiger partial charge in [0, 0.05) is 6.04 Å². The summed E-state index contributed by atoms with van der Waals surface area (Å²) in [5, 5.41) is 0. The first-order valence-electron chi connectivity index (χ1n) is 3.82. The smallest absolute Gasteiger partial charge is 0.327 e. The van der Waals surface area contributed by atoms with Gasteiger partial charge >= 0.3 is 7.60 Å². The molecule has 2 atom stereocenters. The van der Waals surface area contributed by atoms with Crippen LogP contribution in [0.1, 0.15) is 25.7 Å². The van der Waals surface area contributed by atoms with Gasteiger partial charge in [0.05, 0.1) is 5.66 Å². The highest BCUT2D eigenvalue weighted by Gasteiger charge is 2.35. The van der Waals surface area contributed by atoms with E-state index in [2.05, 4.69) is 0 Å². The summed E-state index contributed by atoms with van der Waals surface area (Å²) in [5.41, 5.74) is 4.99. The summed E-state index contributed by atoms with van der Waals surface area (Å²) in [4.78, 5) is 17.7. The molecule has 0 aromatic heterocycles. The van der Waals surface area contributed by atoms with Gasteiger partial charge in [-0.2, -0.15) is 0 Å². The van der Waals surface area contributed by atoms with Crippen LogP contribution in [0.2, 0.25) is 0 Å². The van der Waals surface area contributed by atoms with Crippen LogP contribution >= 0.6 is 7.60 Å². The molecule has 0 aromatic rings. The summed E-state index contributed by atoms with van der Waals surface area (Å²) in [6.45, 7) is 0. The Bertz CT molecular complexity index is 179. The largest absolute Gasteiger partial charge is 0.330 e. The van der Waals surface area contributed by atoms with Gasteiger partial charge in [0.2, 0.25) is 0 Å². The molecule has 0 aromatic carbocycles. The molecule has 0 unspecified atom stereocenters. The fraction of sp³-hybridized carbons (Fsp3) is 1.00. The minimum absolute atomic E-state index is 0.301. The van der Waals surface area contributed by atoms with Crippen LogP contribution in [-0.2, 0) is 4.57 Å². The van der Waals surface area contributed by atoms with Gasteiger partial charge in [-0.05, 0) is 12.8 Å². The summed E-state index contributed by atoms with van der Waals surface area (Å²) < 4.78 is 10.8. The van der Waals surface area contributed by atoms with Crippen molar-refractivity contribution in [3.05, 3.63) is 0 Å². The van der Waals surface area contributed by atoms with E-state index < -0.39 is 13.3 Å². The Balaban J connectivity index is 2.62. The zero-order valence-corrected chi connectivity index (χ0v) is 7.20. The van der Waals surface area contributed by atoms with E-state index in [1.807, 2.05) is 0 Å². The maximum atomic E-state index is 10.8. The molecule has 4 N–H and O–H groups in total. The Morgan fingerprint density at radius 1 is 1.27 bits per heavy atom. The van der Waals surface area contributed by atoms with E-state index in [1.165, 1.54) is 0 Å². The third kappa shape index (κ3) is 2.27. The van der Waals surface area contributed by atoms with Crippen LogP contribution in [0.25, 0.3) is 0 Å². The lowest BCUT2D eigenvalue weighted by atomic mass is 9.96. The van der Waals surface area contributed by atoms with Crippen molar-refractivity contribution in [2.24, 2.45) is 5.73 Å². The second-order valence-electron chi connectivity index (χ2n) is 3.10. The predicted octanol–water partition coefficient (Wildman–Crippen LogP) is 0.434. The lowest BCUT2D eigenvalue weighted by Gasteiger charge is -2.28. The van der Waals surface area contributed by atoms with Crippen molar-refractivity contribution >= 4 is 7.60 Å². The SMILES string of the molecule is N[C@@H]1CCCC[C@H]1P(=O)(O)O. The first-order chi connectivity index (χ1) is 5.02. The lowest BCUT2D eigenvalue weighted by molar-refractivity contribution is 0.322. The fourth-order valence-corrected chi connectivity index (χ4v) is 2.72. The monoisotopic (exact) mass is 179 g/mol. The van der Waals surface area contributed by atoms with Gasteiger partial charge in [0.25, 0.3) is 0 Å². The average Bonchev–Trinajstić information content (AvgIpc) is 1.86. The second kappa shape index (κ2) is 3.23. The topological polar surface area (TPSA) is 83.6 Å². The van der Waals surface area contributed by atoms with E-state index in [1.54, 1.807) is 0 Å². The van der Waals surface area contributed by atoms with Gasteiger partial charge in [0.15, 0.2) is 0 Å². The molecule has 0 saturated heterocycles. The molecule has 11 heavy (non-hydrogen) atoms. The summed E-state index contributed by atoms with van der Waals surface area (Å²) in [5.74, 6) is 0. The molecule has 0 spiro atoms. The van der Waals surface area contributed by atoms with Crippen molar-refractivity contribution < 1.29 is 14.4 Å². The van der Waals surface area contributed by atoms with Crippen molar-refractivity contribution in [1.29, 1.82) is 0 Å². The minimum atomic E-state index is -3.92. The minimum Gasteiger partial charge on any atom is -0.327 e. The van der Waals surface area contributed by atoms with Gasteiger partial charge in [-0.15, -0.1) is 0 Å². The molecule has 1 aliphatic carbocycles. The molecule has 4 nitrogen and oxygen atoms in total. The van der Waals surface area contributed by atoms with Crippen LogP contribution in [0.15, 0.2) is 0 Å². The summed E-state index contributed by atoms with van der Waals surface area (Å²) in [6, 6.07) is -0.301. The van der Waals surface area contributed by atoms with Crippen LogP contribution in [-0.4, -0.2) is 21.5 Å².